The van der Waals surface area contributed by atoms with E-state index in [1.165, 1.54) is 72.0 Å². The summed E-state index contributed by atoms with van der Waals surface area (Å²) in [6, 6.07) is 40.4. The molecule has 0 saturated heterocycles. The zero-order valence-electron chi connectivity index (χ0n) is 62.4. The normalized spacial score (nSPS) is 13.5. The van der Waals surface area contributed by atoms with Crippen molar-refractivity contribution < 1.29 is 19.0 Å². The van der Waals surface area contributed by atoms with E-state index in [2.05, 4.69) is 302 Å². The number of carbonyl (C=O) groups is 1. The van der Waals surface area contributed by atoms with E-state index in [-0.39, 0.29) is 51.2 Å². The van der Waals surface area contributed by atoms with Gasteiger partial charge in [0.05, 0.1) is 37.7 Å². The third-order valence-electron chi connectivity index (χ3n) is 17.3. The minimum absolute atomic E-state index is 0. The Bertz CT molecular complexity index is 4020. The number of methoxy groups -OCH3 is 1. The van der Waals surface area contributed by atoms with Crippen molar-refractivity contribution in [1.29, 1.82) is 0 Å². The molecular formula is C84H115N9O4. The lowest BCUT2D eigenvalue weighted by molar-refractivity contribution is -0.116. The van der Waals surface area contributed by atoms with Crippen molar-refractivity contribution >= 4 is 56.5 Å². The fraction of sp³-hybridized carbons (Fsp3) is 0.452. The van der Waals surface area contributed by atoms with Gasteiger partial charge in [0.1, 0.15) is 22.4 Å². The van der Waals surface area contributed by atoms with Gasteiger partial charge in [-0.3, -0.25) is 14.9 Å². The average Bonchev–Trinajstić information content (AvgIpc) is 1.64. The summed E-state index contributed by atoms with van der Waals surface area (Å²) in [5.41, 5.74) is 21.8. The molecule has 1 amide bonds. The second-order valence-electron chi connectivity index (χ2n) is 32.7. The van der Waals surface area contributed by atoms with Crippen molar-refractivity contribution in [2.75, 3.05) is 25.6 Å². The van der Waals surface area contributed by atoms with E-state index in [0.717, 1.165) is 83.3 Å². The summed E-state index contributed by atoms with van der Waals surface area (Å²) < 4.78 is 16.6. The molecule has 3 aliphatic heterocycles. The summed E-state index contributed by atoms with van der Waals surface area (Å²) in [4.78, 5) is 22.9. The van der Waals surface area contributed by atoms with Gasteiger partial charge in [0.15, 0.2) is 11.5 Å². The van der Waals surface area contributed by atoms with Gasteiger partial charge in [0.25, 0.3) is 0 Å². The van der Waals surface area contributed by atoms with Crippen molar-refractivity contribution in [3.63, 3.8) is 0 Å². The van der Waals surface area contributed by atoms with Gasteiger partial charge in [0.2, 0.25) is 5.91 Å². The van der Waals surface area contributed by atoms with Crippen LogP contribution >= 0.6 is 0 Å². The number of nitrogens with one attached hydrogen (secondary N) is 4. The monoisotopic (exact) mass is 1310 g/mol. The van der Waals surface area contributed by atoms with E-state index >= 15 is 0 Å². The Hall–Kier alpha value is -8.58. The van der Waals surface area contributed by atoms with Gasteiger partial charge in [-0.25, -0.2) is 4.98 Å². The van der Waals surface area contributed by atoms with Crippen LogP contribution in [0, 0.1) is 13.8 Å². The number of rotatable bonds is 1. The second kappa shape index (κ2) is 31.7. The molecule has 13 heteroatoms. The van der Waals surface area contributed by atoms with Crippen LogP contribution in [0.3, 0.4) is 0 Å². The highest BCUT2D eigenvalue weighted by Gasteiger charge is 2.23. The maximum absolute atomic E-state index is 11.2. The lowest BCUT2D eigenvalue weighted by Crippen LogP contribution is -2.20. The quantitative estimate of drug-likeness (QED) is 0.126. The number of aliphatic imine (C=N–C) groups is 1. The van der Waals surface area contributed by atoms with Crippen molar-refractivity contribution in [3.8, 4) is 17.2 Å². The number of ether oxygens (including phenoxy) is 3. The van der Waals surface area contributed by atoms with Crippen LogP contribution in [0.5, 0.6) is 17.2 Å². The first-order valence-corrected chi connectivity index (χ1v) is 34.0. The largest absolute Gasteiger partial charge is 0.496 e. The molecule has 0 saturated carbocycles. The molecule has 0 atom stereocenters. The van der Waals surface area contributed by atoms with Crippen LogP contribution in [-0.2, 0) is 55.5 Å². The number of hydrogen-bond donors (Lipinski definition) is 4. The highest BCUT2D eigenvalue weighted by atomic mass is 16.5. The van der Waals surface area contributed by atoms with Crippen LogP contribution < -0.4 is 19.5 Å². The number of fused-ring (bicyclic) bond motifs is 6. The van der Waals surface area contributed by atoms with E-state index < -0.39 is 0 Å². The molecule has 520 valence electrons. The molecule has 10 aromatic rings. The number of aromatic amines is 3. The maximum Gasteiger partial charge on any atom is 0.224 e. The number of amides is 1. The van der Waals surface area contributed by atoms with Gasteiger partial charge in [-0.1, -0.05) is 207 Å². The fourth-order valence-corrected chi connectivity index (χ4v) is 10.8. The Kier molecular flexibility index (Phi) is 25.3. The van der Waals surface area contributed by atoms with Gasteiger partial charge in [-0.05, 0) is 180 Å². The highest BCUT2D eigenvalue weighted by molar-refractivity contribution is 5.94. The summed E-state index contributed by atoms with van der Waals surface area (Å²) in [6.07, 6.45) is 11.1. The van der Waals surface area contributed by atoms with Gasteiger partial charge in [0, 0.05) is 54.3 Å². The number of aryl methyl sites for hydroxylation is 3. The minimum Gasteiger partial charge on any atom is -0.496 e. The highest BCUT2D eigenvalue weighted by Crippen LogP contribution is 2.37. The summed E-state index contributed by atoms with van der Waals surface area (Å²) in [7, 11) is 1.73. The van der Waals surface area contributed by atoms with Crippen LogP contribution in [0.4, 0.5) is 11.4 Å². The number of H-pyrrole nitrogens is 3. The van der Waals surface area contributed by atoms with Crippen LogP contribution in [0.1, 0.15) is 227 Å². The molecule has 3 aliphatic rings. The predicted molar refractivity (Wildman–Crippen MR) is 410 cm³/mol. The predicted octanol–water partition coefficient (Wildman–Crippen LogP) is 21.5. The number of nitrogens with zero attached hydrogens (tertiary/aromatic N) is 5. The number of pyridine rings is 1. The Labute approximate surface area is 581 Å². The molecule has 13 rings (SSSR count). The van der Waals surface area contributed by atoms with E-state index in [0.29, 0.717) is 6.42 Å². The zero-order valence-corrected chi connectivity index (χ0v) is 62.4. The van der Waals surface area contributed by atoms with Gasteiger partial charge >= 0.3 is 0 Å². The summed E-state index contributed by atoms with van der Waals surface area (Å²) >= 11 is 0. The molecule has 0 spiro atoms. The van der Waals surface area contributed by atoms with E-state index in [9.17, 15) is 4.79 Å². The molecule has 13 nitrogen and oxygen atoms in total. The van der Waals surface area contributed by atoms with Gasteiger partial charge in [-0.2, -0.15) is 20.5 Å². The van der Waals surface area contributed by atoms with Gasteiger partial charge in [-0.15, -0.1) is 0 Å². The first-order chi connectivity index (χ1) is 44.7. The van der Waals surface area contributed by atoms with Crippen molar-refractivity contribution in [2.24, 2.45) is 4.99 Å². The molecule has 4 N–H and O–H groups in total. The lowest BCUT2D eigenvalue weighted by atomic mass is 9.85. The third-order valence-corrected chi connectivity index (χ3v) is 17.3. The van der Waals surface area contributed by atoms with Crippen molar-refractivity contribution in [3.05, 3.63) is 195 Å². The first-order valence-electron chi connectivity index (χ1n) is 34.0. The SMILES string of the molecule is C.CC(C)(C)c1ccc2[nH]ncc2c1.CC(C)(C)c1ccc2c(c1)CC=N2.CC(C)(C)c1ccc2c(c1)CCC(=O)N2.CC(C)(C)c1ccc2c(c1)OCCCO2.CC(C)(C)c1ccc2n[nH]nc2c1.CC(C)(C)c1cnc2[nH]ccc2c1.COc1c(C)cc(C(C)(C)C)cc1C. The van der Waals surface area contributed by atoms with E-state index in [4.69, 9.17) is 14.2 Å². The number of anilines is 1. The molecule has 7 heterocycles. The molecule has 0 radical (unpaired) electrons. The number of carbonyl (C=O) groups excluding carboxylic acids is 1. The lowest BCUT2D eigenvalue weighted by Gasteiger charge is -2.23. The Morgan fingerprint density at radius 2 is 1.00 bits per heavy atom. The van der Waals surface area contributed by atoms with E-state index in [1.54, 1.807) is 7.11 Å². The third kappa shape index (κ3) is 22.0. The number of aromatic nitrogens is 7. The van der Waals surface area contributed by atoms with Crippen molar-refractivity contribution in [1.82, 2.24) is 35.6 Å². The Morgan fingerprint density at radius 3 is 1.61 bits per heavy atom. The van der Waals surface area contributed by atoms with Crippen molar-refractivity contribution in [2.45, 2.75) is 230 Å². The molecule has 97 heavy (non-hydrogen) atoms. The topological polar surface area (TPSA) is 168 Å². The molecule has 0 bridgehead atoms. The Balaban J connectivity index is 0.000000179. The maximum atomic E-state index is 11.2. The molecule has 6 aromatic carbocycles. The average molecular weight is 1310 g/mol. The van der Waals surface area contributed by atoms with Gasteiger partial charge < -0.3 is 24.5 Å². The van der Waals surface area contributed by atoms with Crippen LogP contribution in [0.2, 0.25) is 0 Å². The van der Waals surface area contributed by atoms with Crippen LogP contribution in [-0.4, -0.2) is 68.0 Å². The summed E-state index contributed by atoms with van der Waals surface area (Å²) in [5.74, 6) is 2.91. The smallest absolute Gasteiger partial charge is 0.224 e. The number of benzene rings is 6. The summed E-state index contributed by atoms with van der Waals surface area (Å²) in [6.45, 7) is 52.1. The Morgan fingerprint density at radius 1 is 0.485 bits per heavy atom. The second-order valence-corrected chi connectivity index (χ2v) is 32.7. The van der Waals surface area contributed by atoms with Crippen LogP contribution in [0.25, 0.3) is 33.0 Å². The summed E-state index contributed by atoms with van der Waals surface area (Å²) in [5, 5.41) is 22.9. The molecule has 0 fully saturated rings. The number of hydrogen-bond acceptors (Lipinski definition) is 9. The molecular weight excluding hydrogens is 1200 g/mol. The molecule has 0 unspecified atom stereocenters. The fourth-order valence-electron chi connectivity index (χ4n) is 10.8. The van der Waals surface area contributed by atoms with Crippen LogP contribution in [0.15, 0.2) is 139 Å². The van der Waals surface area contributed by atoms with E-state index in [1.807, 2.05) is 43.0 Å². The minimum atomic E-state index is 0. The first kappa shape index (κ1) is 77.4. The molecule has 4 aromatic heterocycles. The standard InChI is InChI=1S/C13H17NO.C13H18O2.C13H20O.C12H15N.2C11H14N2.C10H13N3.CH4/c1-13(2,3)10-5-6-11-9(8-10)4-7-12(15)14-11;1-13(2,3)10-5-6-11-12(9-10)15-8-4-7-14-11;1-9-7-11(13(3,4)5)8-10(2)12(9)14-6;1-12(2,3)10-4-5-11-9(8-10)6-7-13-11;1-11(2,3)9-4-5-10-8(6-9)7-12-13-10;1-11(2,3)9-6-8-4-5-12-10(8)13-7-9;1-10(2,3)7-4-5-8-9(6-7)12-13-11-8;/h5-6,8H,4,7H2,1-3H3,(H,14,15);5-6,9H,4,7-8H2,1-3H3;7-8H,1-6H3;4-5,7-8H,6H2,1-3H3;2*4-7H,1-3H3,(H,12,13);4-6H,1-3H3,(H,11,12,13);1H4. The molecule has 0 aliphatic carbocycles. The zero-order chi connectivity index (χ0) is 70.8.